The van der Waals surface area contributed by atoms with Gasteiger partial charge in [0.1, 0.15) is 0 Å². The van der Waals surface area contributed by atoms with Gasteiger partial charge in [0.2, 0.25) is 0 Å². The summed E-state index contributed by atoms with van der Waals surface area (Å²) in [4.78, 5) is 12.1. The standard InChI is InChI=1S/C14H19BrN2O/c15-11-6-4-5-10(9-11)14(18)17-13-8-3-1-2-7-12(13)16/h4-6,9,12-13H,1-3,7-8,16H2,(H,17,18). The Morgan fingerprint density at radius 2 is 2.06 bits per heavy atom. The maximum Gasteiger partial charge on any atom is 0.251 e. The van der Waals surface area contributed by atoms with Gasteiger partial charge in [0.05, 0.1) is 0 Å². The molecule has 0 bridgehead atoms. The van der Waals surface area contributed by atoms with Gasteiger partial charge in [-0.15, -0.1) is 0 Å². The van der Waals surface area contributed by atoms with Crippen LogP contribution in [0.5, 0.6) is 0 Å². The molecule has 1 fully saturated rings. The smallest absolute Gasteiger partial charge is 0.251 e. The highest BCUT2D eigenvalue weighted by Gasteiger charge is 2.22. The third kappa shape index (κ3) is 3.56. The first-order valence-corrected chi connectivity index (χ1v) is 7.28. The molecule has 1 aromatic carbocycles. The fourth-order valence-corrected chi connectivity index (χ4v) is 2.80. The normalized spacial score (nSPS) is 24.3. The van der Waals surface area contributed by atoms with Crippen LogP contribution in [0.3, 0.4) is 0 Å². The van der Waals surface area contributed by atoms with Crippen molar-refractivity contribution in [3.05, 3.63) is 34.3 Å². The molecular weight excluding hydrogens is 292 g/mol. The minimum absolute atomic E-state index is 0.0290. The Morgan fingerprint density at radius 1 is 1.28 bits per heavy atom. The van der Waals surface area contributed by atoms with Crippen LogP contribution < -0.4 is 11.1 Å². The molecule has 1 aliphatic rings. The first kappa shape index (κ1) is 13.6. The summed E-state index contributed by atoms with van der Waals surface area (Å²) in [5.74, 6) is -0.0290. The zero-order valence-corrected chi connectivity index (χ0v) is 11.9. The van der Waals surface area contributed by atoms with E-state index in [1.54, 1.807) is 0 Å². The predicted molar refractivity (Wildman–Crippen MR) is 76.5 cm³/mol. The number of hydrogen-bond donors (Lipinski definition) is 2. The maximum atomic E-state index is 12.1. The maximum absolute atomic E-state index is 12.1. The molecule has 1 aromatic rings. The molecule has 4 heteroatoms. The minimum Gasteiger partial charge on any atom is -0.348 e. The number of nitrogens with one attached hydrogen (secondary N) is 1. The monoisotopic (exact) mass is 310 g/mol. The summed E-state index contributed by atoms with van der Waals surface area (Å²) in [5.41, 5.74) is 6.79. The number of halogens is 1. The van der Waals surface area contributed by atoms with Crippen molar-refractivity contribution in [3.8, 4) is 0 Å². The molecular formula is C14H19BrN2O. The van der Waals surface area contributed by atoms with Crippen LogP contribution in [0, 0.1) is 0 Å². The molecule has 18 heavy (non-hydrogen) atoms. The summed E-state index contributed by atoms with van der Waals surface area (Å²) < 4.78 is 0.917. The summed E-state index contributed by atoms with van der Waals surface area (Å²) >= 11 is 3.38. The van der Waals surface area contributed by atoms with E-state index >= 15 is 0 Å². The third-order valence-electron chi connectivity index (χ3n) is 3.47. The zero-order valence-electron chi connectivity index (χ0n) is 10.4. The second-order valence-electron chi connectivity index (χ2n) is 4.89. The van der Waals surface area contributed by atoms with Gasteiger partial charge < -0.3 is 11.1 Å². The van der Waals surface area contributed by atoms with Crippen LogP contribution in [0.4, 0.5) is 0 Å². The Morgan fingerprint density at radius 3 is 2.83 bits per heavy atom. The molecule has 3 nitrogen and oxygen atoms in total. The van der Waals surface area contributed by atoms with Crippen molar-refractivity contribution in [2.24, 2.45) is 5.73 Å². The van der Waals surface area contributed by atoms with E-state index in [-0.39, 0.29) is 18.0 Å². The van der Waals surface area contributed by atoms with E-state index < -0.39 is 0 Å². The summed E-state index contributed by atoms with van der Waals surface area (Å²) in [6.45, 7) is 0. The van der Waals surface area contributed by atoms with Crippen LogP contribution in [-0.2, 0) is 0 Å². The molecule has 2 unspecified atom stereocenters. The molecule has 98 valence electrons. The van der Waals surface area contributed by atoms with Crippen molar-refractivity contribution in [1.29, 1.82) is 0 Å². The number of nitrogens with two attached hydrogens (primary N) is 1. The number of carbonyl (C=O) groups is 1. The summed E-state index contributed by atoms with van der Waals surface area (Å²) in [6, 6.07) is 7.63. The van der Waals surface area contributed by atoms with E-state index in [1.807, 2.05) is 24.3 Å². The highest BCUT2D eigenvalue weighted by atomic mass is 79.9. The summed E-state index contributed by atoms with van der Waals surface area (Å²) in [5, 5.41) is 3.07. The Balaban J connectivity index is 2.01. The SMILES string of the molecule is NC1CCCCCC1NC(=O)c1cccc(Br)c1. The Hall–Kier alpha value is -0.870. The van der Waals surface area contributed by atoms with Gasteiger partial charge in [0.25, 0.3) is 5.91 Å². The molecule has 0 aliphatic heterocycles. The van der Waals surface area contributed by atoms with Crippen molar-refractivity contribution in [2.45, 2.75) is 44.2 Å². The van der Waals surface area contributed by atoms with Gasteiger partial charge in [0, 0.05) is 22.1 Å². The first-order valence-electron chi connectivity index (χ1n) is 6.49. The number of rotatable bonds is 2. The van der Waals surface area contributed by atoms with Crippen molar-refractivity contribution >= 4 is 21.8 Å². The fraction of sp³-hybridized carbons (Fsp3) is 0.500. The first-order chi connectivity index (χ1) is 8.66. The van der Waals surface area contributed by atoms with Crippen molar-refractivity contribution in [3.63, 3.8) is 0 Å². The topological polar surface area (TPSA) is 55.1 Å². The lowest BCUT2D eigenvalue weighted by atomic mass is 10.0. The van der Waals surface area contributed by atoms with E-state index in [9.17, 15) is 4.79 Å². The average Bonchev–Trinajstić information content (AvgIpc) is 2.55. The van der Waals surface area contributed by atoms with E-state index in [2.05, 4.69) is 21.2 Å². The lowest BCUT2D eigenvalue weighted by Crippen LogP contribution is -2.46. The van der Waals surface area contributed by atoms with E-state index in [0.29, 0.717) is 5.56 Å². The average molecular weight is 311 g/mol. The highest BCUT2D eigenvalue weighted by Crippen LogP contribution is 2.18. The third-order valence-corrected chi connectivity index (χ3v) is 3.97. The van der Waals surface area contributed by atoms with Gasteiger partial charge in [-0.3, -0.25) is 4.79 Å². The second kappa shape index (κ2) is 6.34. The van der Waals surface area contributed by atoms with E-state index in [0.717, 1.165) is 23.7 Å². The largest absolute Gasteiger partial charge is 0.348 e. The quantitative estimate of drug-likeness (QED) is 0.825. The molecule has 0 aromatic heterocycles. The molecule has 3 N–H and O–H groups in total. The number of benzene rings is 1. The van der Waals surface area contributed by atoms with Crippen LogP contribution in [0.15, 0.2) is 28.7 Å². The molecule has 2 rings (SSSR count). The lowest BCUT2D eigenvalue weighted by molar-refractivity contribution is 0.0929. The van der Waals surface area contributed by atoms with E-state index in [1.165, 1.54) is 12.8 Å². The Kier molecular flexibility index (Phi) is 4.78. The van der Waals surface area contributed by atoms with Gasteiger partial charge in [-0.05, 0) is 31.0 Å². The van der Waals surface area contributed by atoms with E-state index in [4.69, 9.17) is 5.73 Å². The van der Waals surface area contributed by atoms with Crippen LogP contribution in [-0.4, -0.2) is 18.0 Å². The molecule has 0 radical (unpaired) electrons. The second-order valence-corrected chi connectivity index (χ2v) is 5.81. The van der Waals surface area contributed by atoms with Gasteiger partial charge in [-0.1, -0.05) is 41.3 Å². The van der Waals surface area contributed by atoms with Gasteiger partial charge >= 0.3 is 0 Å². The van der Waals surface area contributed by atoms with Crippen molar-refractivity contribution < 1.29 is 4.79 Å². The molecule has 1 amide bonds. The predicted octanol–water partition coefficient (Wildman–Crippen LogP) is 2.84. The van der Waals surface area contributed by atoms with Gasteiger partial charge in [-0.2, -0.15) is 0 Å². The molecule has 2 atom stereocenters. The van der Waals surface area contributed by atoms with Crippen LogP contribution in [0.1, 0.15) is 42.5 Å². The number of amides is 1. The molecule has 0 saturated heterocycles. The fourth-order valence-electron chi connectivity index (χ4n) is 2.40. The van der Waals surface area contributed by atoms with Gasteiger partial charge in [0.15, 0.2) is 0 Å². The van der Waals surface area contributed by atoms with Gasteiger partial charge in [-0.25, -0.2) is 0 Å². The van der Waals surface area contributed by atoms with Crippen molar-refractivity contribution in [1.82, 2.24) is 5.32 Å². The molecule has 0 spiro atoms. The molecule has 1 aliphatic carbocycles. The molecule has 0 heterocycles. The summed E-state index contributed by atoms with van der Waals surface area (Å²) in [6.07, 6.45) is 5.53. The number of carbonyl (C=O) groups excluding carboxylic acids is 1. The highest BCUT2D eigenvalue weighted by molar-refractivity contribution is 9.10. The Labute approximate surface area is 116 Å². The van der Waals surface area contributed by atoms with Crippen LogP contribution in [0.2, 0.25) is 0 Å². The number of hydrogen-bond acceptors (Lipinski definition) is 2. The minimum atomic E-state index is -0.0290. The Bertz CT molecular complexity index is 422. The van der Waals surface area contributed by atoms with Crippen LogP contribution in [0.25, 0.3) is 0 Å². The summed E-state index contributed by atoms with van der Waals surface area (Å²) in [7, 11) is 0. The molecule has 1 saturated carbocycles. The zero-order chi connectivity index (χ0) is 13.0. The van der Waals surface area contributed by atoms with Crippen molar-refractivity contribution in [2.75, 3.05) is 0 Å². The lowest BCUT2D eigenvalue weighted by Gasteiger charge is -2.22. The van der Waals surface area contributed by atoms with Crippen LogP contribution >= 0.6 is 15.9 Å².